The molecular weight excluding hydrogens is 366 g/mol. The topological polar surface area (TPSA) is 71.6 Å². The number of rotatable bonds is 4. The third-order valence-corrected chi connectivity index (χ3v) is 5.36. The lowest BCUT2D eigenvalue weighted by Gasteiger charge is -2.17. The van der Waals surface area contributed by atoms with Crippen molar-refractivity contribution in [3.8, 4) is 16.9 Å². The summed E-state index contributed by atoms with van der Waals surface area (Å²) >= 11 is 6.46. The predicted octanol–water partition coefficient (Wildman–Crippen LogP) is 4.57. The van der Waals surface area contributed by atoms with E-state index in [1.54, 1.807) is 12.3 Å². The lowest BCUT2D eigenvalue weighted by Crippen LogP contribution is -2.25. The predicted molar refractivity (Wildman–Crippen MR) is 104 cm³/mol. The zero-order chi connectivity index (χ0) is 19.0. The Morgan fingerprint density at radius 3 is 2.67 bits per heavy atom. The molecule has 0 amide bonds. The number of fused-ring (bicyclic) bond motifs is 1. The number of aromatic amines is 1. The average Bonchev–Trinajstić information content (AvgIpc) is 3.27. The fraction of sp³-hybridized carbons (Fsp3) is 0.286. The summed E-state index contributed by atoms with van der Waals surface area (Å²) in [6.45, 7) is 0. The third kappa shape index (κ3) is 3.40. The molecule has 0 unspecified atom stereocenters. The first-order valence-corrected chi connectivity index (χ1v) is 9.28. The van der Waals surface area contributed by atoms with Crippen LogP contribution in [0.2, 0.25) is 5.02 Å². The minimum Gasteiger partial charge on any atom is -0.488 e. The fourth-order valence-corrected chi connectivity index (χ4v) is 3.85. The van der Waals surface area contributed by atoms with Crippen molar-refractivity contribution in [3.05, 3.63) is 53.2 Å². The number of hydrogen-bond acceptors (Lipinski definition) is 4. The van der Waals surface area contributed by atoms with Crippen LogP contribution >= 0.6 is 11.6 Å². The SMILES string of the molecule is COC(=O)c1c[nH]c2cc(Cl)c(-c3ccc(O[C@H]4CCC[C@@H]4O)cc3)cc12. The molecule has 1 aromatic heterocycles. The van der Waals surface area contributed by atoms with Crippen LogP contribution in [0.4, 0.5) is 0 Å². The van der Waals surface area contributed by atoms with Crippen LogP contribution < -0.4 is 4.74 Å². The van der Waals surface area contributed by atoms with Crippen molar-refractivity contribution in [1.29, 1.82) is 0 Å². The molecule has 0 aliphatic heterocycles. The molecule has 2 aromatic carbocycles. The number of hydrogen-bond donors (Lipinski definition) is 2. The van der Waals surface area contributed by atoms with Gasteiger partial charge in [-0.15, -0.1) is 0 Å². The van der Waals surface area contributed by atoms with Crippen molar-refractivity contribution in [3.63, 3.8) is 0 Å². The summed E-state index contributed by atoms with van der Waals surface area (Å²) in [7, 11) is 1.36. The highest BCUT2D eigenvalue weighted by molar-refractivity contribution is 6.34. The van der Waals surface area contributed by atoms with Gasteiger partial charge in [-0.3, -0.25) is 0 Å². The number of aliphatic hydroxyl groups excluding tert-OH is 1. The van der Waals surface area contributed by atoms with Crippen molar-refractivity contribution in [2.45, 2.75) is 31.5 Å². The van der Waals surface area contributed by atoms with E-state index in [9.17, 15) is 9.90 Å². The fourth-order valence-electron chi connectivity index (χ4n) is 3.58. The number of halogens is 1. The van der Waals surface area contributed by atoms with E-state index in [4.69, 9.17) is 21.1 Å². The number of esters is 1. The number of methoxy groups -OCH3 is 1. The molecule has 2 atom stereocenters. The van der Waals surface area contributed by atoms with E-state index in [1.807, 2.05) is 30.3 Å². The van der Waals surface area contributed by atoms with Gasteiger partial charge in [-0.2, -0.15) is 0 Å². The number of aromatic nitrogens is 1. The molecule has 27 heavy (non-hydrogen) atoms. The first-order valence-electron chi connectivity index (χ1n) is 8.91. The van der Waals surface area contributed by atoms with Crippen molar-refractivity contribution in [2.75, 3.05) is 7.11 Å². The van der Waals surface area contributed by atoms with E-state index in [1.165, 1.54) is 7.11 Å². The molecule has 0 spiro atoms. The highest BCUT2D eigenvalue weighted by Gasteiger charge is 2.26. The van der Waals surface area contributed by atoms with Gasteiger partial charge in [-0.25, -0.2) is 4.79 Å². The van der Waals surface area contributed by atoms with E-state index in [0.717, 1.165) is 47.0 Å². The normalized spacial score (nSPS) is 19.4. The second-order valence-electron chi connectivity index (χ2n) is 6.75. The van der Waals surface area contributed by atoms with Crippen LogP contribution in [-0.2, 0) is 4.74 Å². The van der Waals surface area contributed by atoms with Gasteiger partial charge in [-0.05, 0) is 49.1 Å². The maximum Gasteiger partial charge on any atom is 0.340 e. The number of carbonyl (C=O) groups is 1. The van der Waals surface area contributed by atoms with Crippen LogP contribution in [0, 0.1) is 0 Å². The number of ether oxygens (including phenoxy) is 2. The summed E-state index contributed by atoms with van der Waals surface area (Å²) in [5.41, 5.74) is 2.99. The minimum atomic E-state index is -0.396. The van der Waals surface area contributed by atoms with Crippen LogP contribution in [0.1, 0.15) is 29.6 Å². The lowest BCUT2D eigenvalue weighted by molar-refractivity contribution is 0.0602. The molecular formula is C21H20ClNO4. The molecule has 1 saturated carbocycles. The highest BCUT2D eigenvalue weighted by atomic mass is 35.5. The Morgan fingerprint density at radius 2 is 2.00 bits per heavy atom. The van der Waals surface area contributed by atoms with Crippen molar-refractivity contribution in [1.82, 2.24) is 4.98 Å². The summed E-state index contributed by atoms with van der Waals surface area (Å²) in [6.07, 6.45) is 3.73. The number of aliphatic hydroxyl groups is 1. The molecule has 1 heterocycles. The Labute approximate surface area is 161 Å². The van der Waals surface area contributed by atoms with Gasteiger partial charge in [0.15, 0.2) is 0 Å². The first kappa shape index (κ1) is 17.9. The number of nitrogens with one attached hydrogen (secondary N) is 1. The third-order valence-electron chi connectivity index (χ3n) is 5.05. The Bertz CT molecular complexity index is 980. The van der Waals surface area contributed by atoms with E-state index in [2.05, 4.69) is 4.98 Å². The Hall–Kier alpha value is -2.50. The van der Waals surface area contributed by atoms with Crippen molar-refractivity contribution in [2.24, 2.45) is 0 Å². The summed E-state index contributed by atoms with van der Waals surface area (Å²) in [4.78, 5) is 15.0. The molecule has 4 rings (SSSR count). The Balaban J connectivity index is 1.65. The molecule has 6 heteroatoms. The lowest BCUT2D eigenvalue weighted by atomic mass is 10.0. The van der Waals surface area contributed by atoms with Crippen LogP contribution in [0.3, 0.4) is 0 Å². The molecule has 0 radical (unpaired) electrons. The molecule has 2 N–H and O–H groups in total. The van der Waals surface area contributed by atoms with Gasteiger partial charge >= 0.3 is 5.97 Å². The molecule has 140 valence electrons. The number of H-pyrrole nitrogens is 1. The number of benzene rings is 2. The smallest absolute Gasteiger partial charge is 0.340 e. The molecule has 1 aliphatic carbocycles. The molecule has 1 fully saturated rings. The summed E-state index contributed by atoms with van der Waals surface area (Å²) in [5.74, 6) is 0.326. The van der Waals surface area contributed by atoms with Gasteiger partial charge in [0.25, 0.3) is 0 Å². The van der Waals surface area contributed by atoms with Gasteiger partial charge in [-0.1, -0.05) is 23.7 Å². The van der Waals surface area contributed by atoms with Gasteiger partial charge in [0.05, 0.1) is 23.8 Å². The maximum absolute atomic E-state index is 11.9. The summed E-state index contributed by atoms with van der Waals surface area (Å²) in [5, 5.41) is 11.3. The van der Waals surface area contributed by atoms with E-state index < -0.39 is 12.1 Å². The van der Waals surface area contributed by atoms with Crippen LogP contribution in [0.25, 0.3) is 22.0 Å². The van der Waals surface area contributed by atoms with E-state index in [-0.39, 0.29) is 6.10 Å². The van der Waals surface area contributed by atoms with Gasteiger partial charge in [0, 0.05) is 22.7 Å². The number of carbonyl (C=O) groups excluding carboxylic acids is 1. The zero-order valence-corrected chi connectivity index (χ0v) is 15.6. The van der Waals surface area contributed by atoms with Crippen LogP contribution in [0.5, 0.6) is 5.75 Å². The minimum absolute atomic E-state index is 0.141. The van der Waals surface area contributed by atoms with Crippen molar-refractivity contribution >= 4 is 28.5 Å². The van der Waals surface area contributed by atoms with Crippen LogP contribution in [0.15, 0.2) is 42.6 Å². The van der Waals surface area contributed by atoms with Gasteiger partial charge in [0.1, 0.15) is 11.9 Å². The monoisotopic (exact) mass is 385 g/mol. The standard InChI is InChI=1S/C21H20ClNO4/c1-26-21(25)16-11-23-18-10-17(22)14(9-15(16)18)12-5-7-13(8-6-12)27-20-4-2-3-19(20)24/h5-11,19-20,23-24H,2-4H2,1H3/t19-,20-/m0/s1. The van der Waals surface area contributed by atoms with E-state index >= 15 is 0 Å². The summed E-state index contributed by atoms with van der Waals surface area (Å²) < 4.78 is 10.7. The highest BCUT2D eigenvalue weighted by Crippen LogP contribution is 2.35. The molecule has 1 aliphatic rings. The van der Waals surface area contributed by atoms with E-state index in [0.29, 0.717) is 10.6 Å². The maximum atomic E-state index is 11.9. The quantitative estimate of drug-likeness (QED) is 0.645. The largest absolute Gasteiger partial charge is 0.488 e. The van der Waals surface area contributed by atoms with Gasteiger partial charge < -0.3 is 19.6 Å². The Morgan fingerprint density at radius 1 is 1.22 bits per heavy atom. The molecule has 0 bridgehead atoms. The second-order valence-corrected chi connectivity index (χ2v) is 7.16. The first-order chi connectivity index (χ1) is 13.1. The van der Waals surface area contributed by atoms with Gasteiger partial charge in [0.2, 0.25) is 0 Å². The molecule has 0 saturated heterocycles. The summed E-state index contributed by atoms with van der Waals surface area (Å²) in [6, 6.07) is 11.3. The molecule has 5 nitrogen and oxygen atoms in total. The zero-order valence-electron chi connectivity index (χ0n) is 14.9. The average molecular weight is 386 g/mol. The van der Waals surface area contributed by atoms with Crippen LogP contribution in [-0.4, -0.2) is 35.4 Å². The van der Waals surface area contributed by atoms with Crippen molar-refractivity contribution < 1.29 is 19.4 Å². The molecule has 3 aromatic rings. The Kier molecular flexibility index (Phi) is 4.81. The second kappa shape index (κ2) is 7.25.